The molecule has 1 amide bonds. The van der Waals surface area contributed by atoms with Crippen LogP contribution >= 0.6 is 0 Å². The van der Waals surface area contributed by atoms with Crippen LogP contribution in [0.15, 0.2) is 55.1 Å². The normalized spacial score (nSPS) is 20.1. The van der Waals surface area contributed by atoms with Gasteiger partial charge in [-0.3, -0.25) is 14.6 Å². The Kier molecular flexibility index (Phi) is 3.68. The first-order chi connectivity index (χ1) is 12.1. The lowest BCUT2D eigenvalue weighted by molar-refractivity contribution is -0.141. The molecule has 3 aromatic rings. The summed E-state index contributed by atoms with van der Waals surface area (Å²) in [5, 5.41) is 13.8. The second-order valence-electron chi connectivity index (χ2n) is 6.14. The summed E-state index contributed by atoms with van der Waals surface area (Å²) in [7, 11) is 0. The van der Waals surface area contributed by atoms with E-state index in [0.717, 1.165) is 5.56 Å². The smallest absolute Gasteiger partial charge is 0.308 e. The number of carbonyl (C=O) groups excluding carboxylic acids is 1. The maximum Gasteiger partial charge on any atom is 0.308 e. The predicted molar refractivity (Wildman–Crippen MR) is 89.2 cm³/mol. The quantitative estimate of drug-likeness (QED) is 0.786. The van der Waals surface area contributed by atoms with Crippen molar-refractivity contribution in [3.63, 3.8) is 0 Å². The van der Waals surface area contributed by atoms with Crippen LogP contribution in [0.4, 0.5) is 0 Å². The number of nitrogens with zero attached hydrogens (tertiary/aromatic N) is 4. The van der Waals surface area contributed by atoms with Crippen LogP contribution in [0.25, 0.3) is 5.52 Å². The Bertz CT molecular complexity index is 938. The highest BCUT2D eigenvalue weighted by atomic mass is 16.4. The summed E-state index contributed by atoms with van der Waals surface area (Å²) < 4.78 is 1.64. The van der Waals surface area contributed by atoms with Crippen molar-refractivity contribution in [1.29, 1.82) is 0 Å². The van der Waals surface area contributed by atoms with Gasteiger partial charge < -0.3 is 10.0 Å². The van der Waals surface area contributed by atoms with E-state index in [9.17, 15) is 14.7 Å². The molecule has 126 valence electrons. The number of rotatable bonds is 3. The first kappa shape index (κ1) is 15.3. The van der Waals surface area contributed by atoms with E-state index in [1.54, 1.807) is 34.1 Å². The second-order valence-corrected chi connectivity index (χ2v) is 6.14. The number of carbonyl (C=O) groups is 2. The molecule has 0 saturated carbocycles. The largest absolute Gasteiger partial charge is 0.481 e. The zero-order valence-corrected chi connectivity index (χ0v) is 13.3. The van der Waals surface area contributed by atoms with E-state index in [0.29, 0.717) is 17.6 Å². The molecule has 1 aliphatic heterocycles. The van der Waals surface area contributed by atoms with Crippen molar-refractivity contribution < 1.29 is 14.7 Å². The Morgan fingerprint density at radius 3 is 2.76 bits per heavy atom. The number of amides is 1. The highest BCUT2D eigenvalue weighted by molar-refractivity contribution is 6.01. The summed E-state index contributed by atoms with van der Waals surface area (Å²) in [4.78, 5) is 30.3. The summed E-state index contributed by atoms with van der Waals surface area (Å²) in [5.41, 5.74) is 2.03. The molecule has 3 aromatic heterocycles. The molecule has 0 radical (unpaired) electrons. The minimum absolute atomic E-state index is 0.178. The van der Waals surface area contributed by atoms with Crippen molar-refractivity contribution in [3.8, 4) is 0 Å². The van der Waals surface area contributed by atoms with Gasteiger partial charge in [-0.05, 0) is 23.8 Å². The van der Waals surface area contributed by atoms with E-state index in [1.165, 1.54) is 6.20 Å². The molecule has 1 aliphatic rings. The van der Waals surface area contributed by atoms with Gasteiger partial charge in [-0.15, -0.1) is 0 Å². The summed E-state index contributed by atoms with van der Waals surface area (Å²) in [6, 6.07) is 9.14. The maximum atomic E-state index is 12.9. The average Bonchev–Trinajstić information content (AvgIpc) is 3.27. The Morgan fingerprint density at radius 1 is 1.12 bits per heavy atom. The van der Waals surface area contributed by atoms with Crippen LogP contribution in [0.5, 0.6) is 0 Å². The van der Waals surface area contributed by atoms with E-state index in [-0.39, 0.29) is 18.4 Å². The number of likely N-dealkylation sites (tertiary alicyclic amines) is 1. The van der Waals surface area contributed by atoms with Crippen LogP contribution in [-0.2, 0) is 4.79 Å². The number of aliphatic carboxylic acids is 1. The van der Waals surface area contributed by atoms with Crippen LogP contribution in [0.2, 0.25) is 0 Å². The Hall–Kier alpha value is -3.22. The van der Waals surface area contributed by atoms with Crippen molar-refractivity contribution in [1.82, 2.24) is 19.5 Å². The van der Waals surface area contributed by atoms with Gasteiger partial charge in [-0.1, -0.05) is 12.1 Å². The molecule has 0 spiro atoms. The molecule has 0 aliphatic carbocycles. The first-order valence-electron chi connectivity index (χ1n) is 7.99. The van der Waals surface area contributed by atoms with Crippen molar-refractivity contribution in [2.75, 3.05) is 13.1 Å². The molecule has 1 fully saturated rings. The number of pyridine rings is 2. The maximum absolute atomic E-state index is 12.9. The lowest BCUT2D eigenvalue weighted by atomic mass is 9.90. The molecule has 1 N–H and O–H groups in total. The van der Waals surface area contributed by atoms with Gasteiger partial charge in [0.1, 0.15) is 0 Å². The third kappa shape index (κ3) is 2.63. The number of hydrogen-bond donors (Lipinski definition) is 1. The van der Waals surface area contributed by atoms with Crippen LogP contribution in [0.1, 0.15) is 21.8 Å². The number of carboxylic acid groups (broad SMARTS) is 1. The van der Waals surface area contributed by atoms with Gasteiger partial charge >= 0.3 is 5.97 Å². The molecule has 4 heterocycles. The van der Waals surface area contributed by atoms with Gasteiger partial charge in [0.15, 0.2) is 0 Å². The standard InChI is InChI=1S/C18H16N4O3/c23-17(13-9-20-22-7-2-1-5-16(13)22)21-10-14(15(11-21)18(24)25)12-4-3-6-19-8-12/h1-9,14-15H,10-11H2,(H,24,25). The minimum atomic E-state index is -0.899. The van der Waals surface area contributed by atoms with Crippen LogP contribution in [-0.4, -0.2) is 49.6 Å². The molecule has 4 rings (SSSR count). The van der Waals surface area contributed by atoms with Crippen molar-refractivity contribution in [3.05, 3.63) is 66.2 Å². The van der Waals surface area contributed by atoms with Gasteiger partial charge in [-0.2, -0.15) is 5.10 Å². The van der Waals surface area contributed by atoms with Crippen molar-refractivity contribution in [2.45, 2.75) is 5.92 Å². The summed E-state index contributed by atoms with van der Waals surface area (Å²) in [6.45, 7) is 0.531. The van der Waals surface area contributed by atoms with E-state index in [2.05, 4.69) is 10.1 Å². The van der Waals surface area contributed by atoms with Crippen molar-refractivity contribution in [2.24, 2.45) is 5.92 Å². The van der Waals surface area contributed by atoms with E-state index >= 15 is 0 Å². The summed E-state index contributed by atoms with van der Waals surface area (Å²) in [5.74, 6) is -2.00. The second kappa shape index (κ2) is 6.01. The lowest BCUT2D eigenvalue weighted by Gasteiger charge is -2.15. The van der Waals surface area contributed by atoms with Gasteiger partial charge in [0, 0.05) is 37.6 Å². The zero-order valence-electron chi connectivity index (χ0n) is 13.3. The average molecular weight is 336 g/mol. The van der Waals surface area contributed by atoms with E-state index in [4.69, 9.17) is 0 Å². The van der Waals surface area contributed by atoms with Crippen LogP contribution in [0, 0.1) is 5.92 Å². The first-order valence-corrected chi connectivity index (χ1v) is 7.99. The monoisotopic (exact) mass is 336 g/mol. The molecular weight excluding hydrogens is 320 g/mol. The third-order valence-electron chi connectivity index (χ3n) is 4.69. The molecule has 2 unspecified atom stereocenters. The molecule has 7 nitrogen and oxygen atoms in total. The third-order valence-corrected chi connectivity index (χ3v) is 4.69. The Labute approximate surface area is 143 Å². The SMILES string of the molecule is O=C(O)C1CN(C(=O)c2cnn3ccccc23)CC1c1cccnc1. The van der Waals surface area contributed by atoms with E-state index in [1.807, 2.05) is 24.3 Å². The summed E-state index contributed by atoms with van der Waals surface area (Å²) >= 11 is 0. The van der Waals surface area contributed by atoms with Crippen LogP contribution in [0.3, 0.4) is 0 Å². The van der Waals surface area contributed by atoms with E-state index < -0.39 is 11.9 Å². The molecule has 1 saturated heterocycles. The predicted octanol–water partition coefficient (Wildman–Crippen LogP) is 1.67. The molecular formula is C18H16N4O3. The number of hydrogen-bond acceptors (Lipinski definition) is 4. The fourth-order valence-corrected chi connectivity index (χ4v) is 3.42. The highest BCUT2D eigenvalue weighted by Gasteiger charge is 2.41. The summed E-state index contributed by atoms with van der Waals surface area (Å²) in [6.07, 6.45) is 6.62. The Balaban J connectivity index is 1.65. The molecule has 0 bridgehead atoms. The van der Waals surface area contributed by atoms with Gasteiger partial charge in [0.25, 0.3) is 5.91 Å². The molecule has 7 heteroatoms. The number of carboxylic acids is 1. The van der Waals surface area contributed by atoms with Gasteiger partial charge in [0.2, 0.25) is 0 Å². The topological polar surface area (TPSA) is 87.8 Å². The minimum Gasteiger partial charge on any atom is -0.481 e. The van der Waals surface area contributed by atoms with Crippen LogP contribution < -0.4 is 0 Å². The number of fused-ring (bicyclic) bond motifs is 1. The van der Waals surface area contributed by atoms with Crippen molar-refractivity contribution >= 4 is 17.4 Å². The lowest BCUT2D eigenvalue weighted by Crippen LogP contribution is -2.29. The molecule has 25 heavy (non-hydrogen) atoms. The number of aromatic nitrogens is 3. The molecule has 0 aromatic carbocycles. The Morgan fingerprint density at radius 2 is 2.00 bits per heavy atom. The van der Waals surface area contributed by atoms with Gasteiger partial charge in [-0.25, -0.2) is 4.52 Å². The molecule has 2 atom stereocenters. The zero-order chi connectivity index (χ0) is 17.4. The fourth-order valence-electron chi connectivity index (χ4n) is 3.42. The fraction of sp³-hybridized carbons (Fsp3) is 0.222. The highest BCUT2D eigenvalue weighted by Crippen LogP contribution is 2.33. The van der Waals surface area contributed by atoms with Gasteiger partial charge in [0.05, 0.1) is 23.2 Å².